The van der Waals surface area contributed by atoms with E-state index in [1.807, 2.05) is 12.1 Å². The van der Waals surface area contributed by atoms with Gasteiger partial charge in [0.15, 0.2) is 0 Å². The normalized spacial score (nSPS) is 12.2. The molecule has 1 aromatic heterocycles. The molecule has 1 aromatic rings. The van der Waals surface area contributed by atoms with Crippen LogP contribution in [-0.2, 0) is 0 Å². The van der Waals surface area contributed by atoms with Gasteiger partial charge in [-0.1, -0.05) is 39.2 Å². The van der Waals surface area contributed by atoms with Gasteiger partial charge in [-0.25, -0.2) is 4.98 Å². The number of hydrogen-bond acceptors (Lipinski definition) is 2. The number of halogens is 1. The molecule has 0 bridgehead atoms. The minimum Gasteiger partial charge on any atom is -0.350 e. The van der Waals surface area contributed by atoms with Crippen molar-refractivity contribution in [2.24, 2.45) is 5.92 Å². The predicted molar refractivity (Wildman–Crippen MR) is 77.6 cm³/mol. The molecule has 1 unspecified atom stereocenters. The third-order valence-electron chi connectivity index (χ3n) is 3.04. The molecular formula is C14H21BrN2O. The number of nitrogens with zero attached hydrogens (tertiary/aromatic N) is 1. The molecule has 0 fully saturated rings. The number of unbranched alkanes of at least 4 members (excludes halogenated alkanes) is 1. The van der Waals surface area contributed by atoms with Crippen LogP contribution in [0.1, 0.15) is 50.0 Å². The van der Waals surface area contributed by atoms with Crippen molar-refractivity contribution >= 4 is 21.8 Å². The van der Waals surface area contributed by atoms with Crippen molar-refractivity contribution in [2.75, 3.05) is 6.54 Å². The van der Waals surface area contributed by atoms with E-state index in [2.05, 4.69) is 40.1 Å². The molecule has 0 aliphatic rings. The average Bonchev–Trinajstić information content (AvgIpc) is 2.38. The summed E-state index contributed by atoms with van der Waals surface area (Å²) in [5.74, 6) is 0.479. The fraction of sp³-hybridized carbons (Fsp3) is 0.571. The van der Waals surface area contributed by atoms with Crippen LogP contribution in [0.2, 0.25) is 0 Å². The largest absolute Gasteiger partial charge is 0.350 e. The van der Waals surface area contributed by atoms with Crippen LogP contribution in [0.5, 0.6) is 0 Å². The molecule has 0 saturated heterocycles. The van der Waals surface area contributed by atoms with Gasteiger partial charge in [0.25, 0.3) is 5.91 Å². The molecule has 0 spiro atoms. The highest BCUT2D eigenvalue weighted by molar-refractivity contribution is 9.10. The summed E-state index contributed by atoms with van der Waals surface area (Å²) in [5, 5.41) is 2.96. The molecule has 0 saturated carbocycles. The Hall–Kier alpha value is -0.900. The van der Waals surface area contributed by atoms with Gasteiger partial charge in [-0.05, 0) is 40.4 Å². The van der Waals surface area contributed by atoms with Crippen molar-refractivity contribution in [3.05, 3.63) is 28.5 Å². The zero-order chi connectivity index (χ0) is 13.4. The quantitative estimate of drug-likeness (QED) is 0.778. The molecular weight excluding hydrogens is 292 g/mol. The van der Waals surface area contributed by atoms with Gasteiger partial charge in [0.1, 0.15) is 10.3 Å². The van der Waals surface area contributed by atoms with Crippen molar-refractivity contribution in [1.82, 2.24) is 10.3 Å². The number of carbonyl (C=O) groups is 1. The van der Waals surface area contributed by atoms with E-state index in [1.165, 1.54) is 19.3 Å². The molecule has 0 aromatic carbocycles. The molecule has 3 nitrogen and oxygen atoms in total. The van der Waals surface area contributed by atoms with Crippen LogP contribution in [0.25, 0.3) is 0 Å². The molecule has 1 amide bonds. The molecule has 1 atom stereocenters. The highest BCUT2D eigenvalue weighted by Crippen LogP contribution is 2.12. The Kier molecular flexibility index (Phi) is 6.94. The van der Waals surface area contributed by atoms with Crippen molar-refractivity contribution in [3.8, 4) is 0 Å². The third-order valence-corrected chi connectivity index (χ3v) is 3.48. The van der Waals surface area contributed by atoms with E-state index >= 15 is 0 Å². The Morgan fingerprint density at radius 3 is 2.83 bits per heavy atom. The van der Waals surface area contributed by atoms with E-state index in [0.717, 1.165) is 13.0 Å². The van der Waals surface area contributed by atoms with Crippen molar-refractivity contribution in [2.45, 2.75) is 39.5 Å². The molecule has 0 aliphatic carbocycles. The maximum Gasteiger partial charge on any atom is 0.269 e. The Balaban J connectivity index is 2.44. The van der Waals surface area contributed by atoms with E-state index < -0.39 is 0 Å². The van der Waals surface area contributed by atoms with Crippen LogP contribution in [-0.4, -0.2) is 17.4 Å². The van der Waals surface area contributed by atoms with Gasteiger partial charge in [-0.3, -0.25) is 4.79 Å². The summed E-state index contributed by atoms with van der Waals surface area (Å²) in [4.78, 5) is 16.0. The molecule has 0 aliphatic heterocycles. The number of rotatable bonds is 7. The van der Waals surface area contributed by atoms with Gasteiger partial charge >= 0.3 is 0 Å². The Morgan fingerprint density at radius 1 is 1.44 bits per heavy atom. The van der Waals surface area contributed by atoms with Crippen LogP contribution < -0.4 is 5.32 Å². The maximum atomic E-state index is 11.9. The molecule has 1 heterocycles. The lowest BCUT2D eigenvalue weighted by atomic mass is 9.99. The zero-order valence-corrected chi connectivity index (χ0v) is 12.7. The van der Waals surface area contributed by atoms with Crippen molar-refractivity contribution in [1.29, 1.82) is 0 Å². The highest BCUT2D eigenvalue weighted by atomic mass is 79.9. The number of amides is 1. The number of pyridine rings is 1. The number of carbonyl (C=O) groups excluding carboxylic acids is 1. The van der Waals surface area contributed by atoms with Crippen molar-refractivity contribution < 1.29 is 4.79 Å². The van der Waals surface area contributed by atoms with Gasteiger partial charge < -0.3 is 5.32 Å². The fourth-order valence-corrected chi connectivity index (χ4v) is 2.15. The second-order valence-corrected chi connectivity index (χ2v) is 5.28. The molecule has 1 N–H and O–H groups in total. The van der Waals surface area contributed by atoms with Crippen LogP contribution in [0.15, 0.2) is 22.8 Å². The summed E-state index contributed by atoms with van der Waals surface area (Å²) < 4.78 is 0.688. The Bertz CT molecular complexity index is 382. The summed E-state index contributed by atoms with van der Waals surface area (Å²) in [5.41, 5.74) is 0.467. The molecule has 100 valence electrons. The first-order chi connectivity index (χ1) is 8.67. The molecule has 1 rings (SSSR count). The first kappa shape index (κ1) is 15.2. The second-order valence-electron chi connectivity index (χ2n) is 4.47. The number of aromatic nitrogens is 1. The molecule has 4 heteroatoms. The van der Waals surface area contributed by atoms with E-state index in [4.69, 9.17) is 0 Å². The Labute approximate surface area is 118 Å². The fourth-order valence-electron chi connectivity index (χ4n) is 1.81. The van der Waals surface area contributed by atoms with E-state index in [1.54, 1.807) is 6.07 Å². The SMILES string of the molecule is CCCCC(CC)CNC(=O)c1cccc(Br)n1. The van der Waals surface area contributed by atoms with Gasteiger partial charge in [0.2, 0.25) is 0 Å². The minimum atomic E-state index is -0.0914. The smallest absolute Gasteiger partial charge is 0.269 e. The van der Waals surface area contributed by atoms with Crippen LogP contribution in [0.4, 0.5) is 0 Å². The summed E-state index contributed by atoms with van der Waals surface area (Å²) in [6, 6.07) is 5.36. The zero-order valence-electron chi connectivity index (χ0n) is 11.1. The van der Waals surface area contributed by atoms with E-state index in [9.17, 15) is 4.79 Å². The lowest BCUT2D eigenvalue weighted by molar-refractivity contribution is 0.0940. The van der Waals surface area contributed by atoms with Crippen molar-refractivity contribution in [3.63, 3.8) is 0 Å². The summed E-state index contributed by atoms with van der Waals surface area (Å²) in [7, 11) is 0. The lowest BCUT2D eigenvalue weighted by Crippen LogP contribution is -2.29. The van der Waals surface area contributed by atoms with E-state index in [-0.39, 0.29) is 5.91 Å². The number of nitrogens with one attached hydrogen (secondary N) is 1. The summed E-state index contributed by atoms with van der Waals surface area (Å²) >= 11 is 3.27. The lowest BCUT2D eigenvalue weighted by Gasteiger charge is -2.15. The van der Waals surface area contributed by atoms with Gasteiger partial charge in [-0.15, -0.1) is 0 Å². The van der Waals surface area contributed by atoms with E-state index in [0.29, 0.717) is 16.2 Å². The summed E-state index contributed by atoms with van der Waals surface area (Å²) in [6.45, 7) is 5.10. The first-order valence-corrected chi connectivity index (χ1v) is 7.37. The molecule has 18 heavy (non-hydrogen) atoms. The third kappa shape index (κ3) is 5.17. The number of hydrogen-bond donors (Lipinski definition) is 1. The predicted octanol–water partition coefficient (Wildman–Crippen LogP) is 3.79. The Morgan fingerprint density at radius 2 is 2.22 bits per heavy atom. The minimum absolute atomic E-state index is 0.0914. The first-order valence-electron chi connectivity index (χ1n) is 6.58. The maximum absolute atomic E-state index is 11.9. The van der Waals surface area contributed by atoms with Crippen LogP contribution in [0.3, 0.4) is 0 Å². The van der Waals surface area contributed by atoms with Gasteiger partial charge in [0, 0.05) is 6.54 Å². The molecule has 0 radical (unpaired) electrons. The standard InChI is InChI=1S/C14H21BrN2O/c1-3-5-7-11(4-2)10-16-14(18)12-8-6-9-13(15)17-12/h6,8-9,11H,3-5,7,10H2,1-2H3,(H,16,18). The monoisotopic (exact) mass is 312 g/mol. The van der Waals surface area contributed by atoms with Crippen LogP contribution in [0, 0.1) is 5.92 Å². The van der Waals surface area contributed by atoms with Gasteiger partial charge in [0.05, 0.1) is 0 Å². The van der Waals surface area contributed by atoms with Gasteiger partial charge in [-0.2, -0.15) is 0 Å². The second kappa shape index (κ2) is 8.25. The topological polar surface area (TPSA) is 42.0 Å². The van der Waals surface area contributed by atoms with Crippen LogP contribution >= 0.6 is 15.9 Å². The average molecular weight is 313 g/mol. The summed E-state index contributed by atoms with van der Waals surface area (Å²) in [6.07, 6.45) is 4.71. The highest BCUT2D eigenvalue weighted by Gasteiger charge is 2.10.